The fourth-order valence-corrected chi connectivity index (χ4v) is 3.68. The van der Waals surface area contributed by atoms with Gasteiger partial charge in [0.2, 0.25) is 0 Å². The number of carbonyl (C=O) groups is 2. The molecule has 1 N–H and O–H groups in total. The molecule has 0 saturated carbocycles. The molecule has 0 saturated heterocycles. The van der Waals surface area contributed by atoms with Crippen LogP contribution in [0.4, 0.5) is 0 Å². The van der Waals surface area contributed by atoms with E-state index in [4.69, 9.17) is 5.11 Å². The third-order valence-corrected chi connectivity index (χ3v) is 5.38. The van der Waals surface area contributed by atoms with E-state index in [1.54, 1.807) is 18.7 Å². The molecule has 1 aliphatic rings. The zero-order valence-corrected chi connectivity index (χ0v) is 13.6. The van der Waals surface area contributed by atoms with Crippen LogP contribution < -0.4 is 0 Å². The van der Waals surface area contributed by atoms with Gasteiger partial charge in [-0.1, -0.05) is 30.4 Å². The predicted octanol–water partition coefficient (Wildman–Crippen LogP) is 4.02. The number of carbonyl (C=O) groups excluding carboxylic acids is 1. The average Bonchev–Trinajstić information content (AvgIpc) is 2.50. The molecule has 0 radical (unpaired) electrons. The summed E-state index contributed by atoms with van der Waals surface area (Å²) in [5.41, 5.74) is 3.02. The van der Waals surface area contributed by atoms with Gasteiger partial charge in [-0.15, -0.1) is 11.8 Å². The summed E-state index contributed by atoms with van der Waals surface area (Å²) in [6, 6.07) is 8.17. The molecule has 22 heavy (non-hydrogen) atoms. The van der Waals surface area contributed by atoms with Gasteiger partial charge in [-0.2, -0.15) is 0 Å². The zero-order chi connectivity index (χ0) is 16.1. The quantitative estimate of drug-likeness (QED) is 0.805. The fraction of sp³-hybridized carbons (Fsp3) is 0.333. The van der Waals surface area contributed by atoms with Crippen molar-refractivity contribution in [2.75, 3.05) is 0 Å². The van der Waals surface area contributed by atoms with E-state index in [1.807, 2.05) is 24.3 Å². The number of rotatable bonds is 6. The molecule has 0 amide bonds. The standard InChI is InChI=1S/C18H20O3S/c1-12-5-3-4-6-16(12)22-17-8-7-14(13(2)18(20)21)11-15(17)9-10-19/h3-7,10-11,13,17H,8-9H2,1-2H3,(H,20,21). The lowest BCUT2D eigenvalue weighted by atomic mass is 9.90. The van der Waals surface area contributed by atoms with E-state index in [2.05, 4.69) is 19.1 Å². The number of benzene rings is 1. The van der Waals surface area contributed by atoms with Crippen LogP contribution in [0.2, 0.25) is 0 Å². The number of carboxylic acid groups (broad SMARTS) is 1. The maximum atomic E-state index is 11.1. The minimum atomic E-state index is -0.835. The van der Waals surface area contributed by atoms with Crippen LogP contribution in [0.1, 0.15) is 25.3 Å². The predicted molar refractivity (Wildman–Crippen MR) is 89.1 cm³/mol. The number of hydrogen-bond donors (Lipinski definition) is 1. The number of aliphatic carboxylic acids is 1. The monoisotopic (exact) mass is 316 g/mol. The molecule has 0 aliphatic heterocycles. The second-order valence-corrected chi connectivity index (χ2v) is 6.71. The number of aryl methyl sites for hydroxylation is 1. The van der Waals surface area contributed by atoms with Crippen LogP contribution in [0.25, 0.3) is 0 Å². The molecule has 116 valence electrons. The largest absolute Gasteiger partial charge is 0.481 e. The van der Waals surface area contributed by atoms with Gasteiger partial charge in [0.05, 0.1) is 5.92 Å². The fourth-order valence-electron chi connectivity index (χ4n) is 2.46. The highest BCUT2D eigenvalue weighted by molar-refractivity contribution is 8.00. The first-order valence-corrected chi connectivity index (χ1v) is 8.20. The lowest BCUT2D eigenvalue weighted by Gasteiger charge is -2.24. The van der Waals surface area contributed by atoms with Gasteiger partial charge in [0.1, 0.15) is 6.29 Å². The van der Waals surface area contributed by atoms with Crippen molar-refractivity contribution in [3.05, 3.63) is 53.1 Å². The molecule has 0 heterocycles. The Morgan fingerprint density at radius 2 is 2.18 bits per heavy atom. The average molecular weight is 316 g/mol. The Morgan fingerprint density at radius 1 is 1.45 bits per heavy atom. The minimum absolute atomic E-state index is 0.191. The highest BCUT2D eigenvalue weighted by Crippen LogP contribution is 2.37. The molecule has 0 aromatic heterocycles. The number of allylic oxidation sites excluding steroid dienone is 2. The van der Waals surface area contributed by atoms with Gasteiger partial charge in [0.25, 0.3) is 0 Å². The Bertz CT molecular complexity index is 631. The molecule has 0 fully saturated rings. The molecule has 4 heteroatoms. The van der Waals surface area contributed by atoms with Gasteiger partial charge in [-0.3, -0.25) is 4.79 Å². The summed E-state index contributed by atoms with van der Waals surface area (Å²) in [4.78, 5) is 23.3. The molecule has 0 bridgehead atoms. The maximum Gasteiger partial charge on any atom is 0.310 e. The van der Waals surface area contributed by atoms with Crippen LogP contribution in [0, 0.1) is 12.8 Å². The molecule has 3 nitrogen and oxygen atoms in total. The first-order chi connectivity index (χ1) is 10.5. The molecule has 1 aromatic carbocycles. The van der Waals surface area contributed by atoms with E-state index < -0.39 is 11.9 Å². The van der Waals surface area contributed by atoms with Gasteiger partial charge in [0.15, 0.2) is 0 Å². The van der Waals surface area contributed by atoms with Crippen molar-refractivity contribution in [2.24, 2.45) is 5.92 Å². The van der Waals surface area contributed by atoms with E-state index in [0.717, 1.165) is 23.9 Å². The third-order valence-electron chi connectivity index (χ3n) is 3.89. The van der Waals surface area contributed by atoms with Crippen molar-refractivity contribution in [1.82, 2.24) is 0 Å². The van der Waals surface area contributed by atoms with Gasteiger partial charge in [-0.05, 0) is 43.0 Å². The van der Waals surface area contributed by atoms with E-state index in [9.17, 15) is 9.59 Å². The molecule has 1 aromatic rings. The number of carboxylic acids is 1. The summed E-state index contributed by atoms with van der Waals surface area (Å²) in [6.45, 7) is 3.75. The minimum Gasteiger partial charge on any atom is -0.481 e. The van der Waals surface area contributed by atoms with Crippen LogP contribution in [0.5, 0.6) is 0 Å². The molecular formula is C18H20O3S. The number of aldehydes is 1. The van der Waals surface area contributed by atoms with Crippen molar-refractivity contribution >= 4 is 24.0 Å². The summed E-state index contributed by atoms with van der Waals surface area (Å²) < 4.78 is 0. The summed E-state index contributed by atoms with van der Waals surface area (Å²) in [5, 5.41) is 9.33. The lowest BCUT2D eigenvalue weighted by Crippen LogP contribution is -2.17. The van der Waals surface area contributed by atoms with E-state index in [1.165, 1.54) is 10.5 Å². The van der Waals surface area contributed by atoms with Crippen molar-refractivity contribution in [1.29, 1.82) is 0 Å². The summed E-state index contributed by atoms with van der Waals surface area (Å²) in [5.74, 6) is -1.37. The Labute approximate surface area is 135 Å². The number of thioether (sulfide) groups is 1. The maximum absolute atomic E-state index is 11.1. The van der Waals surface area contributed by atoms with Crippen molar-refractivity contribution in [3.63, 3.8) is 0 Å². The summed E-state index contributed by atoms with van der Waals surface area (Å²) >= 11 is 1.74. The Balaban J connectivity index is 2.20. The summed E-state index contributed by atoms with van der Waals surface area (Å²) in [7, 11) is 0. The van der Waals surface area contributed by atoms with E-state index in [-0.39, 0.29) is 5.25 Å². The Hall–Kier alpha value is -1.81. The summed E-state index contributed by atoms with van der Waals surface area (Å²) in [6.07, 6.45) is 5.89. The smallest absolute Gasteiger partial charge is 0.310 e. The topological polar surface area (TPSA) is 54.4 Å². The van der Waals surface area contributed by atoms with Crippen LogP contribution in [-0.2, 0) is 9.59 Å². The SMILES string of the molecule is Cc1ccccc1SC1CC=C(C(C)C(=O)O)C=C1CC=O. The molecule has 2 atom stereocenters. The normalized spacial score (nSPS) is 19.1. The first-order valence-electron chi connectivity index (χ1n) is 7.32. The van der Waals surface area contributed by atoms with Gasteiger partial charge < -0.3 is 9.90 Å². The molecule has 0 spiro atoms. The Kier molecular flexibility index (Phi) is 5.61. The Morgan fingerprint density at radius 3 is 2.82 bits per heavy atom. The highest BCUT2D eigenvalue weighted by atomic mass is 32.2. The zero-order valence-electron chi connectivity index (χ0n) is 12.8. The lowest BCUT2D eigenvalue weighted by molar-refractivity contribution is -0.139. The molecule has 2 unspecified atom stereocenters. The second-order valence-electron chi connectivity index (χ2n) is 5.46. The second kappa shape index (κ2) is 7.45. The van der Waals surface area contributed by atoms with Crippen molar-refractivity contribution in [3.8, 4) is 0 Å². The van der Waals surface area contributed by atoms with Gasteiger partial charge in [0, 0.05) is 16.6 Å². The molecule has 1 aliphatic carbocycles. The van der Waals surface area contributed by atoms with Crippen molar-refractivity contribution in [2.45, 2.75) is 36.8 Å². The van der Waals surface area contributed by atoms with E-state index >= 15 is 0 Å². The third kappa shape index (κ3) is 3.89. The van der Waals surface area contributed by atoms with Crippen LogP contribution in [0.3, 0.4) is 0 Å². The number of hydrogen-bond acceptors (Lipinski definition) is 3. The van der Waals surface area contributed by atoms with Gasteiger partial charge in [-0.25, -0.2) is 0 Å². The van der Waals surface area contributed by atoms with Crippen molar-refractivity contribution < 1.29 is 14.7 Å². The van der Waals surface area contributed by atoms with Gasteiger partial charge >= 0.3 is 5.97 Å². The first kappa shape index (κ1) is 16.6. The molecule has 2 rings (SSSR count). The van der Waals surface area contributed by atoms with E-state index in [0.29, 0.717) is 6.42 Å². The molecular weight excluding hydrogens is 296 g/mol. The van der Waals surface area contributed by atoms with Crippen LogP contribution >= 0.6 is 11.8 Å². The van der Waals surface area contributed by atoms with Crippen LogP contribution in [-0.4, -0.2) is 22.6 Å². The highest BCUT2D eigenvalue weighted by Gasteiger charge is 2.24. The van der Waals surface area contributed by atoms with Crippen LogP contribution in [0.15, 0.2) is 52.5 Å².